The number of rotatable bonds is 3. The third-order valence-corrected chi connectivity index (χ3v) is 5.10. The first kappa shape index (κ1) is 14.8. The Labute approximate surface area is 140 Å². The lowest BCUT2D eigenvalue weighted by atomic mass is 9.97. The highest BCUT2D eigenvalue weighted by molar-refractivity contribution is 6.33. The topological polar surface area (TPSA) is 45.5 Å². The molecule has 4 rings (SSSR count). The molecule has 0 radical (unpaired) electrons. The molecule has 2 fully saturated rings. The minimum atomic E-state index is -0.143. The molecule has 3 heterocycles. The Bertz CT molecular complexity index is 715. The summed E-state index contributed by atoms with van der Waals surface area (Å²) in [6.07, 6.45) is 2.32. The van der Waals surface area contributed by atoms with Crippen LogP contribution >= 0.6 is 11.6 Å². The van der Waals surface area contributed by atoms with Crippen molar-refractivity contribution in [1.29, 1.82) is 0 Å². The van der Waals surface area contributed by atoms with Gasteiger partial charge in [0.15, 0.2) is 5.76 Å². The number of furan rings is 1. The average Bonchev–Trinajstić information content (AvgIpc) is 3.15. The van der Waals surface area contributed by atoms with Crippen LogP contribution in [0.1, 0.15) is 23.4 Å². The van der Waals surface area contributed by atoms with Crippen molar-refractivity contribution < 1.29 is 9.21 Å². The van der Waals surface area contributed by atoms with E-state index in [1.807, 2.05) is 24.3 Å². The summed E-state index contributed by atoms with van der Waals surface area (Å²) in [6.45, 7) is 3.29. The number of amides is 1. The summed E-state index contributed by atoms with van der Waals surface area (Å²) in [6, 6.07) is 11.2. The van der Waals surface area contributed by atoms with Crippen molar-refractivity contribution in [2.24, 2.45) is 5.92 Å². The number of carbonyl (C=O) groups excluding carboxylic acids is 1. The fourth-order valence-corrected chi connectivity index (χ4v) is 3.92. The van der Waals surface area contributed by atoms with Crippen LogP contribution in [0.25, 0.3) is 11.3 Å². The Morgan fingerprint density at radius 2 is 2.09 bits per heavy atom. The van der Waals surface area contributed by atoms with Gasteiger partial charge in [-0.05, 0) is 49.6 Å². The first-order valence-corrected chi connectivity index (χ1v) is 8.45. The summed E-state index contributed by atoms with van der Waals surface area (Å²) in [4.78, 5) is 14.8. The summed E-state index contributed by atoms with van der Waals surface area (Å²) < 4.78 is 5.71. The quantitative estimate of drug-likeness (QED) is 0.938. The van der Waals surface area contributed by atoms with Gasteiger partial charge in [0.05, 0.1) is 5.02 Å². The van der Waals surface area contributed by atoms with Gasteiger partial charge in [-0.3, -0.25) is 4.79 Å². The predicted molar refractivity (Wildman–Crippen MR) is 89.6 cm³/mol. The molecule has 4 nitrogen and oxygen atoms in total. The van der Waals surface area contributed by atoms with Gasteiger partial charge in [0.25, 0.3) is 5.91 Å². The standard InChI is InChI=1S/C18H19ClN2O2/c19-15-4-2-1-3-14(15)16-5-6-17(23-16)18(22)20-13-9-12-7-8-21(10-12)11-13/h1-6,12-13H,7-11H2,(H,20,22)/t12-,13-/m1/s1. The van der Waals surface area contributed by atoms with E-state index in [9.17, 15) is 4.79 Å². The van der Waals surface area contributed by atoms with Crippen molar-refractivity contribution in [2.45, 2.75) is 18.9 Å². The highest BCUT2D eigenvalue weighted by atomic mass is 35.5. The second kappa shape index (κ2) is 6.02. The smallest absolute Gasteiger partial charge is 0.287 e. The number of fused-ring (bicyclic) bond motifs is 2. The highest BCUT2D eigenvalue weighted by Gasteiger charge is 2.33. The number of piperidine rings is 1. The maximum absolute atomic E-state index is 12.4. The van der Waals surface area contributed by atoms with Gasteiger partial charge in [0.2, 0.25) is 0 Å². The molecule has 1 unspecified atom stereocenters. The van der Waals surface area contributed by atoms with Crippen LogP contribution < -0.4 is 5.32 Å². The van der Waals surface area contributed by atoms with E-state index in [1.54, 1.807) is 12.1 Å². The summed E-state index contributed by atoms with van der Waals surface area (Å²) in [5.74, 6) is 1.54. The molecule has 1 N–H and O–H groups in total. The molecule has 2 aliphatic rings. The van der Waals surface area contributed by atoms with Gasteiger partial charge in [-0.15, -0.1) is 0 Å². The lowest BCUT2D eigenvalue weighted by Gasteiger charge is -2.30. The molecule has 1 aromatic carbocycles. The minimum absolute atomic E-state index is 0.143. The van der Waals surface area contributed by atoms with E-state index in [2.05, 4.69) is 10.2 Å². The normalized spacial score (nSPS) is 26.2. The van der Waals surface area contributed by atoms with Crippen LogP contribution in [0.4, 0.5) is 0 Å². The number of nitrogens with one attached hydrogen (secondary N) is 1. The second-order valence-corrected chi connectivity index (χ2v) is 6.87. The number of hydrogen-bond donors (Lipinski definition) is 1. The van der Waals surface area contributed by atoms with Gasteiger partial charge >= 0.3 is 0 Å². The lowest BCUT2D eigenvalue weighted by molar-refractivity contribution is 0.0882. The third kappa shape index (κ3) is 3.01. The van der Waals surface area contributed by atoms with Gasteiger partial charge in [0, 0.05) is 24.7 Å². The zero-order chi connectivity index (χ0) is 15.8. The molecule has 1 aromatic heterocycles. The molecular weight excluding hydrogens is 312 g/mol. The van der Waals surface area contributed by atoms with Crippen LogP contribution in [0, 0.1) is 5.92 Å². The molecule has 0 aliphatic carbocycles. The van der Waals surface area contributed by atoms with Crippen LogP contribution in [0.3, 0.4) is 0 Å². The van der Waals surface area contributed by atoms with E-state index in [1.165, 1.54) is 13.0 Å². The Morgan fingerprint density at radius 1 is 1.22 bits per heavy atom. The molecule has 2 aromatic rings. The van der Waals surface area contributed by atoms with Crippen molar-refractivity contribution in [2.75, 3.05) is 19.6 Å². The number of carbonyl (C=O) groups is 1. The Kier molecular flexibility index (Phi) is 3.87. The summed E-state index contributed by atoms with van der Waals surface area (Å²) in [5.41, 5.74) is 0.801. The lowest BCUT2D eigenvalue weighted by Crippen LogP contribution is -2.46. The van der Waals surface area contributed by atoms with Gasteiger partial charge in [-0.25, -0.2) is 0 Å². The van der Waals surface area contributed by atoms with Crippen molar-refractivity contribution in [1.82, 2.24) is 10.2 Å². The summed E-state index contributed by atoms with van der Waals surface area (Å²) in [7, 11) is 0. The average molecular weight is 331 g/mol. The predicted octanol–water partition coefficient (Wildman–Crippen LogP) is 3.42. The monoisotopic (exact) mass is 330 g/mol. The molecule has 3 atom stereocenters. The van der Waals surface area contributed by atoms with Crippen molar-refractivity contribution >= 4 is 17.5 Å². The largest absolute Gasteiger partial charge is 0.451 e. The summed E-state index contributed by atoms with van der Waals surface area (Å²) >= 11 is 6.18. The first-order valence-electron chi connectivity index (χ1n) is 8.07. The van der Waals surface area contributed by atoms with E-state index < -0.39 is 0 Å². The van der Waals surface area contributed by atoms with Crippen LogP contribution in [0.2, 0.25) is 5.02 Å². The number of halogens is 1. The first-order chi connectivity index (χ1) is 11.2. The molecule has 0 spiro atoms. The molecular formula is C18H19ClN2O2. The maximum Gasteiger partial charge on any atom is 0.287 e. The van der Waals surface area contributed by atoms with Crippen LogP contribution in [-0.4, -0.2) is 36.5 Å². The van der Waals surface area contributed by atoms with E-state index in [-0.39, 0.29) is 11.9 Å². The summed E-state index contributed by atoms with van der Waals surface area (Å²) in [5, 5.41) is 3.72. The fraction of sp³-hybridized carbons (Fsp3) is 0.389. The molecule has 120 valence electrons. The third-order valence-electron chi connectivity index (χ3n) is 4.77. The van der Waals surface area contributed by atoms with Crippen molar-refractivity contribution in [3.8, 4) is 11.3 Å². The van der Waals surface area contributed by atoms with E-state index >= 15 is 0 Å². The van der Waals surface area contributed by atoms with Crippen molar-refractivity contribution in [3.63, 3.8) is 0 Å². The number of hydrogen-bond acceptors (Lipinski definition) is 3. The SMILES string of the molecule is O=C(N[C@@H]1C[C@H]2CCN(C2)C1)c1ccc(-c2ccccc2Cl)o1. The zero-order valence-corrected chi connectivity index (χ0v) is 13.6. The molecule has 2 aliphatic heterocycles. The Morgan fingerprint density at radius 3 is 2.91 bits per heavy atom. The van der Waals surface area contributed by atoms with Crippen LogP contribution in [0.15, 0.2) is 40.8 Å². The second-order valence-electron chi connectivity index (χ2n) is 6.46. The molecule has 5 heteroatoms. The molecule has 0 saturated carbocycles. The van der Waals surface area contributed by atoms with E-state index in [0.29, 0.717) is 16.5 Å². The fourth-order valence-electron chi connectivity index (χ4n) is 3.69. The number of benzene rings is 1. The number of nitrogens with zero attached hydrogens (tertiary/aromatic N) is 1. The van der Waals surface area contributed by atoms with Gasteiger partial charge in [-0.2, -0.15) is 0 Å². The van der Waals surface area contributed by atoms with E-state index in [0.717, 1.165) is 31.0 Å². The molecule has 23 heavy (non-hydrogen) atoms. The van der Waals surface area contributed by atoms with E-state index in [4.69, 9.17) is 16.0 Å². The molecule has 2 bridgehead atoms. The highest BCUT2D eigenvalue weighted by Crippen LogP contribution is 2.30. The minimum Gasteiger partial charge on any atom is -0.451 e. The molecule has 1 amide bonds. The Balaban J connectivity index is 1.46. The zero-order valence-electron chi connectivity index (χ0n) is 12.8. The Hall–Kier alpha value is -1.78. The van der Waals surface area contributed by atoms with Gasteiger partial charge in [0.1, 0.15) is 5.76 Å². The van der Waals surface area contributed by atoms with Crippen LogP contribution in [0.5, 0.6) is 0 Å². The van der Waals surface area contributed by atoms with Gasteiger partial charge in [-0.1, -0.05) is 23.7 Å². The maximum atomic E-state index is 12.4. The molecule has 2 saturated heterocycles. The van der Waals surface area contributed by atoms with Gasteiger partial charge < -0.3 is 14.6 Å². The van der Waals surface area contributed by atoms with Crippen LogP contribution in [-0.2, 0) is 0 Å². The van der Waals surface area contributed by atoms with Crippen molar-refractivity contribution in [3.05, 3.63) is 47.2 Å².